The van der Waals surface area contributed by atoms with E-state index in [-0.39, 0.29) is 16.1 Å². The van der Waals surface area contributed by atoms with Crippen molar-refractivity contribution in [1.29, 1.82) is 0 Å². The van der Waals surface area contributed by atoms with E-state index in [2.05, 4.69) is 19.9 Å². The first-order valence-corrected chi connectivity index (χ1v) is 13.0. The molecule has 182 valence electrons. The van der Waals surface area contributed by atoms with Gasteiger partial charge in [0.2, 0.25) is 10.0 Å². The highest BCUT2D eigenvalue weighted by Gasteiger charge is 2.28. The van der Waals surface area contributed by atoms with Crippen molar-refractivity contribution in [1.82, 2.24) is 23.8 Å². The zero-order valence-corrected chi connectivity index (χ0v) is 20.1. The van der Waals surface area contributed by atoms with Crippen LogP contribution in [0.1, 0.15) is 13.3 Å². The first kappa shape index (κ1) is 23.1. The predicted molar refractivity (Wildman–Crippen MR) is 134 cm³/mol. The highest BCUT2D eigenvalue weighted by Crippen LogP contribution is 2.24. The molecule has 0 unspecified atom stereocenters. The lowest BCUT2D eigenvalue weighted by molar-refractivity contribution is 0.385. The Morgan fingerprint density at radius 3 is 2.26 bits per heavy atom. The number of hydrogen-bond donors (Lipinski definition) is 2. The number of piperazine rings is 1. The number of para-hydroxylation sites is 1. The first-order chi connectivity index (χ1) is 16.9. The molecule has 0 bridgehead atoms. The Balaban J connectivity index is 1.36. The van der Waals surface area contributed by atoms with Crippen LogP contribution in [0, 0.1) is 0 Å². The maximum Gasteiger partial charge on any atom is 0.330 e. The van der Waals surface area contributed by atoms with Crippen LogP contribution in [0.3, 0.4) is 0 Å². The van der Waals surface area contributed by atoms with Gasteiger partial charge in [-0.2, -0.15) is 4.31 Å². The third-order valence-corrected chi connectivity index (χ3v) is 8.12. The van der Waals surface area contributed by atoms with E-state index in [0.717, 1.165) is 10.3 Å². The number of anilines is 1. The van der Waals surface area contributed by atoms with E-state index in [1.54, 1.807) is 24.3 Å². The molecule has 2 aromatic heterocycles. The number of sulfonamides is 1. The van der Waals surface area contributed by atoms with Crippen molar-refractivity contribution in [2.45, 2.75) is 24.8 Å². The molecule has 5 rings (SSSR count). The molecule has 35 heavy (non-hydrogen) atoms. The molecule has 10 nitrogen and oxygen atoms in total. The SMILES string of the molecule is CCCn1c(=O)[nH]c2nc(-c3ccc(S(=O)(=O)N4CCN(c5ccccc5)CC4)cc3)[nH]c2c1=O. The molecule has 3 heterocycles. The summed E-state index contributed by atoms with van der Waals surface area (Å²) in [6.07, 6.45) is 0.646. The van der Waals surface area contributed by atoms with Crippen LogP contribution in [0.25, 0.3) is 22.6 Å². The third-order valence-electron chi connectivity index (χ3n) is 6.21. The van der Waals surface area contributed by atoms with Gasteiger partial charge in [-0.05, 0) is 42.8 Å². The van der Waals surface area contributed by atoms with Crippen LogP contribution in [0.15, 0.2) is 69.1 Å². The van der Waals surface area contributed by atoms with Crippen molar-refractivity contribution in [3.05, 3.63) is 75.4 Å². The van der Waals surface area contributed by atoms with Crippen LogP contribution >= 0.6 is 0 Å². The average molecular weight is 495 g/mol. The lowest BCUT2D eigenvalue weighted by atomic mass is 10.2. The Morgan fingerprint density at radius 1 is 0.914 bits per heavy atom. The summed E-state index contributed by atoms with van der Waals surface area (Å²) in [5.41, 5.74) is 1.14. The fraction of sp³-hybridized carbons (Fsp3) is 0.292. The number of nitrogens with one attached hydrogen (secondary N) is 2. The summed E-state index contributed by atoms with van der Waals surface area (Å²) >= 11 is 0. The molecule has 0 radical (unpaired) electrons. The lowest BCUT2D eigenvalue weighted by Gasteiger charge is -2.35. The van der Waals surface area contributed by atoms with Crippen LogP contribution in [-0.4, -0.2) is 58.4 Å². The van der Waals surface area contributed by atoms with Crippen LogP contribution in [0.5, 0.6) is 0 Å². The number of nitrogens with zero attached hydrogens (tertiary/aromatic N) is 4. The Kier molecular flexibility index (Phi) is 6.03. The second kappa shape index (κ2) is 9.16. The number of rotatable bonds is 6. The Hall–Kier alpha value is -3.70. The fourth-order valence-electron chi connectivity index (χ4n) is 4.34. The molecule has 2 aromatic carbocycles. The van der Waals surface area contributed by atoms with E-state index >= 15 is 0 Å². The molecule has 11 heteroatoms. The first-order valence-electron chi connectivity index (χ1n) is 11.5. The minimum Gasteiger partial charge on any atom is -0.369 e. The van der Waals surface area contributed by atoms with Gasteiger partial charge in [-0.1, -0.05) is 25.1 Å². The smallest absolute Gasteiger partial charge is 0.330 e. The standard InChI is InChI=1S/C24H26N6O4S/c1-2-12-30-23(31)20-22(27-24(30)32)26-21(25-20)17-8-10-19(11-9-17)35(33,34)29-15-13-28(14-16-29)18-6-4-3-5-7-18/h3-11H,2,12-16H2,1H3,(H,25,26)(H,27,32). The largest absolute Gasteiger partial charge is 0.369 e. The topological polar surface area (TPSA) is 124 Å². The van der Waals surface area contributed by atoms with Crippen molar-refractivity contribution in [2.24, 2.45) is 0 Å². The number of imidazole rings is 1. The molecule has 0 aliphatic carbocycles. The number of hydrogen-bond acceptors (Lipinski definition) is 6. The average Bonchev–Trinajstić information content (AvgIpc) is 3.31. The summed E-state index contributed by atoms with van der Waals surface area (Å²) in [6.45, 7) is 4.24. The zero-order chi connectivity index (χ0) is 24.6. The molecular weight excluding hydrogens is 468 g/mol. The molecule has 0 saturated carbocycles. The van der Waals surface area contributed by atoms with Gasteiger partial charge in [0.25, 0.3) is 5.56 Å². The molecule has 1 aliphatic rings. The van der Waals surface area contributed by atoms with Gasteiger partial charge in [-0.3, -0.25) is 14.3 Å². The maximum absolute atomic E-state index is 13.2. The summed E-state index contributed by atoms with van der Waals surface area (Å²) in [5.74, 6) is 0.377. The summed E-state index contributed by atoms with van der Waals surface area (Å²) in [4.78, 5) is 37.1. The highest BCUT2D eigenvalue weighted by molar-refractivity contribution is 7.89. The number of aromatic amines is 2. The highest BCUT2D eigenvalue weighted by atomic mass is 32.2. The van der Waals surface area contributed by atoms with Crippen LogP contribution < -0.4 is 16.1 Å². The molecule has 0 amide bonds. The monoisotopic (exact) mass is 494 g/mol. The second-order valence-electron chi connectivity index (χ2n) is 8.45. The van der Waals surface area contributed by atoms with Gasteiger partial charge in [0.15, 0.2) is 5.65 Å². The van der Waals surface area contributed by atoms with Crippen molar-refractivity contribution >= 4 is 26.9 Å². The van der Waals surface area contributed by atoms with Gasteiger partial charge in [0.1, 0.15) is 11.3 Å². The Bertz CT molecular complexity index is 1560. The Labute approximate surface area is 201 Å². The van der Waals surface area contributed by atoms with Crippen LogP contribution in [0.2, 0.25) is 0 Å². The minimum atomic E-state index is -3.64. The number of fused-ring (bicyclic) bond motifs is 1. The second-order valence-corrected chi connectivity index (χ2v) is 10.4. The van der Waals surface area contributed by atoms with Gasteiger partial charge in [0, 0.05) is 44.0 Å². The molecule has 2 N–H and O–H groups in total. The van der Waals surface area contributed by atoms with Crippen molar-refractivity contribution < 1.29 is 8.42 Å². The van der Waals surface area contributed by atoms with Crippen LogP contribution in [0.4, 0.5) is 5.69 Å². The molecule has 1 saturated heterocycles. The predicted octanol–water partition coefficient (Wildman–Crippen LogP) is 2.00. The van der Waals surface area contributed by atoms with E-state index in [4.69, 9.17) is 0 Å². The van der Waals surface area contributed by atoms with E-state index in [1.807, 2.05) is 37.3 Å². The van der Waals surface area contributed by atoms with E-state index in [9.17, 15) is 18.0 Å². The number of benzene rings is 2. The van der Waals surface area contributed by atoms with E-state index in [0.29, 0.717) is 50.5 Å². The minimum absolute atomic E-state index is 0.176. The van der Waals surface area contributed by atoms with Gasteiger partial charge in [-0.25, -0.2) is 18.2 Å². The van der Waals surface area contributed by atoms with Gasteiger partial charge < -0.3 is 9.88 Å². The Morgan fingerprint density at radius 2 is 1.60 bits per heavy atom. The molecular formula is C24H26N6O4S. The lowest BCUT2D eigenvalue weighted by Crippen LogP contribution is -2.48. The molecule has 1 fully saturated rings. The van der Waals surface area contributed by atoms with E-state index in [1.165, 1.54) is 4.31 Å². The zero-order valence-electron chi connectivity index (χ0n) is 19.3. The van der Waals surface area contributed by atoms with Gasteiger partial charge in [-0.15, -0.1) is 0 Å². The maximum atomic E-state index is 13.2. The summed E-state index contributed by atoms with van der Waals surface area (Å²) in [7, 11) is -3.64. The molecule has 4 aromatic rings. The number of aromatic nitrogens is 4. The van der Waals surface area contributed by atoms with E-state index < -0.39 is 21.3 Å². The van der Waals surface area contributed by atoms with Crippen molar-refractivity contribution in [3.63, 3.8) is 0 Å². The summed E-state index contributed by atoms with van der Waals surface area (Å²) in [5, 5.41) is 0. The fourth-order valence-corrected chi connectivity index (χ4v) is 5.76. The normalized spacial score (nSPS) is 15.1. The molecule has 0 spiro atoms. The van der Waals surface area contributed by atoms with Gasteiger partial charge >= 0.3 is 5.69 Å². The summed E-state index contributed by atoms with van der Waals surface area (Å²) in [6, 6.07) is 16.3. The van der Waals surface area contributed by atoms with Gasteiger partial charge in [0.05, 0.1) is 4.90 Å². The molecule has 1 aliphatic heterocycles. The van der Waals surface area contributed by atoms with Crippen LogP contribution in [-0.2, 0) is 16.6 Å². The summed E-state index contributed by atoms with van der Waals surface area (Å²) < 4.78 is 29.0. The number of H-pyrrole nitrogens is 2. The third kappa shape index (κ3) is 4.28. The quantitative estimate of drug-likeness (QED) is 0.423. The van der Waals surface area contributed by atoms with Crippen molar-refractivity contribution in [3.8, 4) is 11.4 Å². The van der Waals surface area contributed by atoms with Crippen molar-refractivity contribution in [2.75, 3.05) is 31.1 Å². The molecule has 0 atom stereocenters.